The first-order valence-corrected chi connectivity index (χ1v) is 14.4. The van der Waals surface area contributed by atoms with Crippen molar-refractivity contribution in [2.45, 2.75) is 109 Å². The van der Waals surface area contributed by atoms with Crippen molar-refractivity contribution in [1.29, 1.82) is 0 Å². The van der Waals surface area contributed by atoms with Crippen LogP contribution in [-0.2, 0) is 18.6 Å². The van der Waals surface area contributed by atoms with Crippen LogP contribution < -0.4 is 11.0 Å². The first-order valence-electron chi connectivity index (χ1n) is 13.3. The molecule has 1 saturated carbocycles. The van der Waals surface area contributed by atoms with Crippen molar-refractivity contribution in [3.05, 3.63) is 22.7 Å². The third-order valence-electron chi connectivity index (χ3n) is 8.26. The van der Waals surface area contributed by atoms with Gasteiger partial charge in [0.1, 0.15) is 12.0 Å². The predicted octanol–water partition coefficient (Wildman–Crippen LogP) is 4.59. The van der Waals surface area contributed by atoms with Gasteiger partial charge in [0.15, 0.2) is 0 Å². The van der Waals surface area contributed by atoms with Gasteiger partial charge in [-0.1, -0.05) is 33.6 Å². The molecule has 35 heavy (non-hydrogen) atoms. The molecule has 3 saturated heterocycles. The molecule has 0 bridgehead atoms. The van der Waals surface area contributed by atoms with Gasteiger partial charge in [-0.3, -0.25) is 9.36 Å². The predicted molar refractivity (Wildman–Crippen MR) is 134 cm³/mol. The number of rotatable bonds is 7. The summed E-state index contributed by atoms with van der Waals surface area (Å²) in [4.78, 5) is 28.8. The summed E-state index contributed by atoms with van der Waals surface area (Å²) in [6.07, 6.45) is 9.77. The average Bonchev–Trinajstić information content (AvgIpc) is 3.61. The number of carbonyl (C=O) groups excluding carboxylic acids is 1. The van der Waals surface area contributed by atoms with Gasteiger partial charge < -0.3 is 19.1 Å². The van der Waals surface area contributed by atoms with Crippen LogP contribution in [0, 0.1) is 11.8 Å². The van der Waals surface area contributed by atoms with Crippen molar-refractivity contribution in [3.8, 4) is 0 Å². The Hall–Kier alpha value is -1.38. The first kappa shape index (κ1) is 25.3. The van der Waals surface area contributed by atoms with E-state index in [1.165, 1.54) is 43.1 Å². The van der Waals surface area contributed by atoms with Crippen LogP contribution >= 0.6 is 8.53 Å². The highest BCUT2D eigenvalue weighted by atomic mass is 31.2. The molecule has 5 rings (SSSR count). The second-order valence-corrected chi connectivity index (χ2v) is 12.3. The fraction of sp³-hybridized carbons (Fsp3) is 0.800. The van der Waals surface area contributed by atoms with E-state index >= 15 is 0 Å². The summed E-state index contributed by atoms with van der Waals surface area (Å²) in [5.74, 6) is 0.510. The molecule has 4 aliphatic rings. The number of anilines is 1. The molecule has 1 N–H and O–H groups in total. The van der Waals surface area contributed by atoms with Crippen LogP contribution in [0.1, 0.15) is 85.3 Å². The third-order valence-corrected chi connectivity index (χ3v) is 10.2. The van der Waals surface area contributed by atoms with Gasteiger partial charge in [-0.2, -0.15) is 4.98 Å². The van der Waals surface area contributed by atoms with E-state index in [-0.39, 0.29) is 35.5 Å². The van der Waals surface area contributed by atoms with Crippen LogP contribution in [0.15, 0.2) is 17.1 Å². The zero-order chi connectivity index (χ0) is 24.7. The number of aromatic nitrogens is 2. The summed E-state index contributed by atoms with van der Waals surface area (Å²) in [6.45, 7) is 9.01. The lowest BCUT2D eigenvalue weighted by Gasteiger charge is -2.34. The fourth-order valence-corrected chi connectivity index (χ4v) is 8.38. The summed E-state index contributed by atoms with van der Waals surface area (Å²) >= 11 is 0. The summed E-state index contributed by atoms with van der Waals surface area (Å²) in [5.41, 5.74) is -0.570. The molecule has 3 aliphatic heterocycles. The number of ether oxygens (including phenoxy) is 1. The van der Waals surface area contributed by atoms with E-state index in [9.17, 15) is 9.59 Å². The number of nitrogens with zero attached hydrogens (tertiary/aromatic N) is 3. The molecule has 1 aliphatic carbocycles. The van der Waals surface area contributed by atoms with Crippen LogP contribution in [0.3, 0.4) is 0 Å². The Bertz CT molecular complexity index is 983. The quantitative estimate of drug-likeness (QED) is 0.541. The normalized spacial score (nSPS) is 35.7. The number of nitrogens with one attached hydrogen (secondary N) is 1. The minimum Gasteiger partial charge on any atom is -0.352 e. The Morgan fingerprint density at radius 1 is 1.31 bits per heavy atom. The molecule has 1 unspecified atom stereocenters. The van der Waals surface area contributed by atoms with Gasteiger partial charge in [0.05, 0.1) is 17.8 Å². The van der Waals surface area contributed by atoms with Crippen molar-refractivity contribution in [3.63, 3.8) is 0 Å². The number of fused-ring (bicyclic) bond motifs is 1. The molecule has 1 amide bonds. The zero-order valence-corrected chi connectivity index (χ0v) is 22.2. The van der Waals surface area contributed by atoms with Crippen molar-refractivity contribution >= 4 is 20.3 Å². The summed E-state index contributed by atoms with van der Waals surface area (Å²) in [5, 5.41) is 2.68. The van der Waals surface area contributed by atoms with E-state index in [2.05, 4.69) is 28.8 Å². The Balaban J connectivity index is 1.28. The molecular weight excluding hydrogens is 467 g/mol. The fourth-order valence-electron chi connectivity index (χ4n) is 6.17. The summed E-state index contributed by atoms with van der Waals surface area (Å²) in [7, 11) is -1.15. The number of hydrogen-bond acceptors (Lipinski definition) is 7. The van der Waals surface area contributed by atoms with Gasteiger partial charge in [-0.05, 0) is 51.0 Å². The Morgan fingerprint density at radius 3 is 2.77 bits per heavy atom. The molecule has 9 nitrogen and oxygen atoms in total. The molecule has 0 spiro atoms. The highest BCUT2D eigenvalue weighted by Crippen LogP contribution is 2.64. The Labute approximate surface area is 208 Å². The lowest BCUT2D eigenvalue weighted by Crippen LogP contribution is -2.44. The van der Waals surface area contributed by atoms with Crippen molar-refractivity contribution in [2.24, 2.45) is 11.8 Å². The Morgan fingerprint density at radius 2 is 2.09 bits per heavy atom. The summed E-state index contributed by atoms with van der Waals surface area (Å²) in [6, 6.07) is 2.09. The molecule has 194 valence electrons. The second-order valence-electron chi connectivity index (χ2n) is 10.9. The standard InChI is InChI=1S/C25H39N4O5P/c1-5-18-19(15-22(32-18)28-14-12-21(27-24(28)31)26-23(30)16(2)3)33-35-29-13-8-11-20(29)25(4,34-35)17-9-6-7-10-17/h12,14,16-20,22H,5-11,13,15H2,1-4H3,(H,26,27,30,31)/t18-,19?,20-,22-,25+,35-/m1/s1. The average molecular weight is 507 g/mol. The van der Waals surface area contributed by atoms with Gasteiger partial charge in [0, 0.05) is 31.1 Å². The first-order chi connectivity index (χ1) is 16.8. The molecule has 6 atom stereocenters. The topological polar surface area (TPSA) is 94.9 Å². The second kappa shape index (κ2) is 10.2. The number of amides is 1. The third kappa shape index (κ3) is 4.82. The number of carbonyl (C=O) groups is 1. The van der Waals surface area contributed by atoms with Gasteiger partial charge in [-0.15, -0.1) is 0 Å². The van der Waals surface area contributed by atoms with Crippen LogP contribution in [0.5, 0.6) is 0 Å². The van der Waals surface area contributed by atoms with E-state index < -0.39 is 20.4 Å². The molecule has 1 aromatic heterocycles. The van der Waals surface area contributed by atoms with E-state index in [1.807, 2.05) is 0 Å². The van der Waals surface area contributed by atoms with Gasteiger partial charge in [0.25, 0.3) is 8.53 Å². The van der Waals surface area contributed by atoms with Crippen LogP contribution in [0.4, 0.5) is 5.82 Å². The van der Waals surface area contributed by atoms with Crippen LogP contribution in [0.2, 0.25) is 0 Å². The Kier molecular flexibility index (Phi) is 7.35. The maximum Gasteiger partial charge on any atom is 0.351 e. The van der Waals surface area contributed by atoms with Gasteiger partial charge in [0.2, 0.25) is 5.91 Å². The zero-order valence-electron chi connectivity index (χ0n) is 21.3. The van der Waals surface area contributed by atoms with Crippen molar-refractivity contribution in [2.75, 3.05) is 11.9 Å². The van der Waals surface area contributed by atoms with E-state index in [0.29, 0.717) is 18.4 Å². The largest absolute Gasteiger partial charge is 0.352 e. The molecule has 10 heteroatoms. The molecule has 0 radical (unpaired) electrons. The van der Waals surface area contributed by atoms with Gasteiger partial charge in [-0.25, -0.2) is 9.46 Å². The van der Waals surface area contributed by atoms with Crippen LogP contribution in [-0.4, -0.2) is 50.5 Å². The molecular formula is C25H39N4O5P. The molecule has 0 aromatic carbocycles. The number of hydrogen-bond donors (Lipinski definition) is 1. The minimum absolute atomic E-state index is 0.113. The maximum absolute atomic E-state index is 12.8. The maximum atomic E-state index is 12.8. The van der Waals surface area contributed by atoms with E-state index in [1.54, 1.807) is 26.1 Å². The smallest absolute Gasteiger partial charge is 0.351 e. The molecule has 4 fully saturated rings. The lowest BCUT2D eigenvalue weighted by molar-refractivity contribution is -0.118. The van der Waals surface area contributed by atoms with E-state index in [0.717, 1.165) is 13.0 Å². The highest BCUT2D eigenvalue weighted by molar-refractivity contribution is 7.45. The minimum atomic E-state index is -1.15. The van der Waals surface area contributed by atoms with Crippen molar-refractivity contribution in [1.82, 2.24) is 14.2 Å². The van der Waals surface area contributed by atoms with E-state index in [4.69, 9.17) is 13.8 Å². The molecule has 4 heterocycles. The lowest BCUT2D eigenvalue weighted by atomic mass is 9.81. The molecule has 1 aromatic rings. The monoisotopic (exact) mass is 506 g/mol. The SMILES string of the molecule is CC[C@H]1O[C@@H](n2ccc(NC(=O)C(C)C)nc2=O)CC1O[P@]1O[C@@](C)(C2CCCC2)[C@H]2CCCN21. The van der Waals surface area contributed by atoms with Gasteiger partial charge >= 0.3 is 5.69 Å². The summed E-state index contributed by atoms with van der Waals surface area (Å²) < 4.78 is 23.7. The highest BCUT2D eigenvalue weighted by Gasteiger charge is 2.58. The van der Waals surface area contributed by atoms with Crippen LogP contribution in [0.25, 0.3) is 0 Å². The van der Waals surface area contributed by atoms with Crippen molar-refractivity contribution < 1.29 is 18.6 Å².